The van der Waals surface area contributed by atoms with Crippen molar-refractivity contribution in [2.75, 3.05) is 26.8 Å². The normalized spacial score (nSPS) is 16.2. The summed E-state index contributed by atoms with van der Waals surface area (Å²) in [4.78, 5) is 25.3. The minimum atomic E-state index is -0.237. The molecule has 1 fully saturated rings. The Hall–Kier alpha value is -4.00. The van der Waals surface area contributed by atoms with Gasteiger partial charge >= 0.3 is 5.97 Å². The molecule has 2 aliphatic heterocycles. The summed E-state index contributed by atoms with van der Waals surface area (Å²) in [6.07, 6.45) is 0.889. The molecule has 0 spiro atoms. The van der Waals surface area contributed by atoms with Crippen molar-refractivity contribution in [3.63, 3.8) is 0 Å². The summed E-state index contributed by atoms with van der Waals surface area (Å²) in [5, 5.41) is 0. The van der Waals surface area contributed by atoms with Crippen LogP contribution in [0.15, 0.2) is 54.6 Å². The van der Waals surface area contributed by atoms with Crippen molar-refractivity contribution in [1.82, 2.24) is 4.90 Å². The van der Waals surface area contributed by atoms with E-state index in [1.54, 1.807) is 0 Å². The predicted molar refractivity (Wildman–Crippen MR) is 148 cm³/mol. The third kappa shape index (κ3) is 5.87. The van der Waals surface area contributed by atoms with E-state index in [0.29, 0.717) is 39.1 Å². The number of ether oxygens (including phenoxy) is 4. The van der Waals surface area contributed by atoms with Crippen LogP contribution >= 0.6 is 0 Å². The van der Waals surface area contributed by atoms with Crippen LogP contribution in [0.2, 0.25) is 0 Å². The SMILES string of the molecule is CCC(=O)N1CC(Oc2cc(C)c(-c3cccc(COc4ccc5c(c4)OCC5CC(=O)OC)c3)c(C)c2)C1. The Morgan fingerprint density at radius 3 is 2.49 bits per heavy atom. The lowest BCUT2D eigenvalue weighted by molar-refractivity contribution is -0.141. The van der Waals surface area contributed by atoms with Crippen molar-refractivity contribution in [3.05, 3.63) is 76.9 Å². The van der Waals surface area contributed by atoms with Gasteiger partial charge in [0.1, 0.15) is 30.0 Å². The Balaban J connectivity index is 1.23. The van der Waals surface area contributed by atoms with Crippen LogP contribution in [0.25, 0.3) is 11.1 Å². The van der Waals surface area contributed by atoms with E-state index in [9.17, 15) is 9.59 Å². The van der Waals surface area contributed by atoms with Gasteiger partial charge in [0.2, 0.25) is 5.91 Å². The first-order valence-corrected chi connectivity index (χ1v) is 13.5. The second-order valence-corrected chi connectivity index (χ2v) is 10.3. The van der Waals surface area contributed by atoms with Gasteiger partial charge in [-0.2, -0.15) is 0 Å². The van der Waals surface area contributed by atoms with Gasteiger partial charge in [-0.25, -0.2) is 0 Å². The van der Waals surface area contributed by atoms with Gasteiger partial charge in [0, 0.05) is 24.0 Å². The maximum atomic E-state index is 11.8. The smallest absolute Gasteiger partial charge is 0.306 e. The lowest BCUT2D eigenvalue weighted by atomic mass is 9.94. The first-order chi connectivity index (χ1) is 18.8. The molecule has 2 aliphatic rings. The molecule has 0 saturated carbocycles. The van der Waals surface area contributed by atoms with Crippen LogP contribution in [0.4, 0.5) is 0 Å². The second kappa shape index (κ2) is 11.4. The quantitative estimate of drug-likeness (QED) is 0.337. The largest absolute Gasteiger partial charge is 0.492 e. The number of benzene rings is 3. The zero-order chi connectivity index (χ0) is 27.5. The van der Waals surface area contributed by atoms with E-state index in [1.165, 1.54) is 12.7 Å². The number of aryl methyl sites for hydroxylation is 2. The highest BCUT2D eigenvalue weighted by atomic mass is 16.5. The van der Waals surface area contributed by atoms with Gasteiger partial charge in [-0.05, 0) is 65.9 Å². The van der Waals surface area contributed by atoms with E-state index in [0.717, 1.165) is 45.1 Å². The molecule has 0 bridgehead atoms. The first kappa shape index (κ1) is 26.6. The average Bonchev–Trinajstić information content (AvgIpc) is 3.30. The van der Waals surface area contributed by atoms with E-state index >= 15 is 0 Å². The number of fused-ring (bicyclic) bond motifs is 1. The Morgan fingerprint density at radius 2 is 1.77 bits per heavy atom. The van der Waals surface area contributed by atoms with Crippen LogP contribution in [0.5, 0.6) is 17.2 Å². The highest BCUT2D eigenvalue weighted by Crippen LogP contribution is 2.39. The molecule has 5 rings (SSSR count). The molecule has 0 N–H and O–H groups in total. The number of amides is 1. The highest BCUT2D eigenvalue weighted by molar-refractivity contribution is 5.77. The van der Waals surface area contributed by atoms with E-state index in [2.05, 4.69) is 44.2 Å². The van der Waals surface area contributed by atoms with Gasteiger partial charge in [-0.3, -0.25) is 9.59 Å². The lowest BCUT2D eigenvalue weighted by Gasteiger charge is -2.39. The molecule has 7 nitrogen and oxygen atoms in total. The van der Waals surface area contributed by atoms with Crippen molar-refractivity contribution >= 4 is 11.9 Å². The minimum absolute atomic E-state index is 0.00937. The van der Waals surface area contributed by atoms with E-state index in [4.69, 9.17) is 18.9 Å². The fourth-order valence-corrected chi connectivity index (χ4v) is 5.36. The third-order valence-corrected chi connectivity index (χ3v) is 7.44. The summed E-state index contributed by atoms with van der Waals surface area (Å²) in [5.74, 6) is 2.27. The number of carbonyl (C=O) groups excluding carboxylic acids is 2. The van der Waals surface area contributed by atoms with Crippen LogP contribution in [0.1, 0.15) is 47.9 Å². The molecule has 1 amide bonds. The summed E-state index contributed by atoms with van der Waals surface area (Å²) in [5.41, 5.74) is 6.67. The van der Waals surface area contributed by atoms with Gasteiger partial charge in [0.15, 0.2) is 0 Å². The van der Waals surface area contributed by atoms with Gasteiger partial charge in [0.05, 0.1) is 33.2 Å². The minimum Gasteiger partial charge on any atom is -0.492 e. The van der Waals surface area contributed by atoms with Gasteiger partial charge in [-0.15, -0.1) is 0 Å². The Kier molecular flexibility index (Phi) is 7.77. The number of esters is 1. The third-order valence-electron chi connectivity index (χ3n) is 7.44. The molecule has 0 aliphatic carbocycles. The number of likely N-dealkylation sites (tertiary alicyclic amines) is 1. The Morgan fingerprint density at radius 1 is 1.00 bits per heavy atom. The van der Waals surface area contributed by atoms with E-state index in [-0.39, 0.29) is 23.9 Å². The maximum Gasteiger partial charge on any atom is 0.306 e. The predicted octanol–water partition coefficient (Wildman–Crippen LogP) is 5.59. The lowest BCUT2D eigenvalue weighted by Crippen LogP contribution is -2.56. The number of nitrogens with zero attached hydrogens (tertiary/aromatic N) is 1. The second-order valence-electron chi connectivity index (χ2n) is 10.3. The number of hydrogen-bond acceptors (Lipinski definition) is 6. The molecule has 2 heterocycles. The average molecular weight is 530 g/mol. The summed E-state index contributed by atoms with van der Waals surface area (Å²) in [7, 11) is 1.40. The summed E-state index contributed by atoms with van der Waals surface area (Å²) >= 11 is 0. The van der Waals surface area contributed by atoms with Gasteiger partial charge in [0.25, 0.3) is 0 Å². The van der Waals surface area contributed by atoms with Crippen molar-refractivity contribution in [2.45, 2.75) is 52.2 Å². The van der Waals surface area contributed by atoms with Crippen molar-refractivity contribution in [3.8, 4) is 28.4 Å². The Bertz CT molecular complexity index is 1350. The van der Waals surface area contributed by atoms with Crippen LogP contribution in [0.3, 0.4) is 0 Å². The first-order valence-electron chi connectivity index (χ1n) is 13.5. The van der Waals surface area contributed by atoms with Gasteiger partial charge < -0.3 is 23.8 Å². The molecule has 3 aromatic carbocycles. The molecule has 0 aromatic heterocycles. The standard InChI is InChI=1S/C32H35NO6/c1-5-30(34)33-16-27(17-33)39-26-11-20(2)32(21(3)12-26)23-8-6-7-22(13-23)18-37-25-9-10-28-24(14-31(35)36-4)19-38-29(28)15-25/h6-13,15,24,27H,5,14,16-19H2,1-4H3. The summed E-state index contributed by atoms with van der Waals surface area (Å²) in [6.45, 7) is 8.28. The Labute approximate surface area is 229 Å². The zero-order valence-corrected chi connectivity index (χ0v) is 23.0. The van der Waals surface area contributed by atoms with Crippen molar-refractivity contribution in [2.24, 2.45) is 0 Å². The number of methoxy groups -OCH3 is 1. The van der Waals surface area contributed by atoms with Crippen LogP contribution in [-0.4, -0.2) is 49.7 Å². The molecule has 1 unspecified atom stereocenters. The molecular weight excluding hydrogens is 494 g/mol. The number of carbonyl (C=O) groups is 2. The van der Waals surface area contributed by atoms with Crippen molar-refractivity contribution < 1.29 is 28.5 Å². The molecule has 0 radical (unpaired) electrons. The summed E-state index contributed by atoms with van der Waals surface area (Å²) < 4.78 is 22.9. The van der Waals surface area contributed by atoms with E-state index in [1.807, 2.05) is 36.1 Å². The monoisotopic (exact) mass is 529 g/mol. The zero-order valence-electron chi connectivity index (χ0n) is 23.0. The molecule has 39 heavy (non-hydrogen) atoms. The molecule has 204 valence electrons. The summed E-state index contributed by atoms with van der Waals surface area (Å²) in [6, 6.07) is 18.3. The molecule has 1 saturated heterocycles. The highest BCUT2D eigenvalue weighted by Gasteiger charge is 2.31. The molecule has 3 aromatic rings. The fourth-order valence-electron chi connectivity index (χ4n) is 5.36. The molecule has 7 heteroatoms. The maximum absolute atomic E-state index is 11.8. The number of rotatable bonds is 9. The van der Waals surface area contributed by atoms with Crippen LogP contribution < -0.4 is 14.2 Å². The fraction of sp³-hybridized carbons (Fsp3) is 0.375. The van der Waals surface area contributed by atoms with Crippen LogP contribution in [-0.2, 0) is 20.9 Å². The van der Waals surface area contributed by atoms with Crippen molar-refractivity contribution in [1.29, 1.82) is 0 Å². The van der Waals surface area contributed by atoms with Gasteiger partial charge in [-0.1, -0.05) is 31.2 Å². The van der Waals surface area contributed by atoms with E-state index < -0.39 is 0 Å². The number of hydrogen-bond donors (Lipinski definition) is 0. The van der Waals surface area contributed by atoms with Crippen LogP contribution in [0, 0.1) is 13.8 Å². The topological polar surface area (TPSA) is 74.3 Å². The molecular formula is C32H35NO6. The molecule has 1 atom stereocenters.